The fourth-order valence-corrected chi connectivity index (χ4v) is 3.85. The van der Waals surface area contributed by atoms with Gasteiger partial charge in [-0.05, 0) is 55.2 Å². The van der Waals surface area contributed by atoms with Crippen LogP contribution in [0.5, 0.6) is 0 Å². The molecule has 1 aromatic carbocycles. The Labute approximate surface area is 105 Å². The lowest BCUT2D eigenvalue weighted by Gasteiger charge is -2.31. The number of fused-ring (bicyclic) bond motifs is 2. The van der Waals surface area contributed by atoms with Crippen molar-refractivity contribution in [3.63, 3.8) is 0 Å². The highest BCUT2D eigenvalue weighted by Crippen LogP contribution is 2.56. The highest BCUT2D eigenvalue weighted by Gasteiger charge is 2.51. The van der Waals surface area contributed by atoms with E-state index in [1.54, 1.807) is 6.07 Å². The van der Waals surface area contributed by atoms with Gasteiger partial charge >= 0.3 is 0 Å². The average Bonchev–Trinajstić information content (AvgIpc) is 2.94. The van der Waals surface area contributed by atoms with E-state index in [9.17, 15) is 14.0 Å². The van der Waals surface area contributed by atoms with E-state index in [2.05, 4.69) is 6.07 Å². The molecule has 94 valence electrons. The third kappa shape index (κ3) is 1.71. The molecule has 2 bridgehead atoms. The van der Waals surface area contributed by atoms with Gasteiger partial charge in [0.2, 0.25) is 0 Å². The van der Waals surface area contributed by atoms with E-state index in [-0.39, 0.29) is 5.41 Å². The first kappa shape index (κ1) is 11.6. The van der Waals surface area contributed by atoms with Crippen LogP contribution in [0.25, 0.3) is 0 Å². The molecule has 0 aromatic heterocycles. The highest BCUT2D eigenvalue weighted by atomic mass is 19.2. The van der Waals surface area contributed by atoms with Crippen LogP contribution in [0.2, 0.25) is 0 Å². The van der Waals surface area contributed by atoms with Crippen molar-refractivity contribution in [1.82, 2.24) is 0 Å². The molecular weight excluding hydrogens is 232 g/mol. The minimum absolute atomic E-state index is 0.340. The van der Waals surface area contributed by atoms with E-state index in [1.165, 1.54) is 12.5 Å². The van der Waals surface area contributed by atoms with Gasteiger partial charge in [-0.15, -0.1) is 0 Å². The van der Waals surface area contributed by atoms with Gasteiger partial charge in [-0.3, -0.25) is 0 Å². The molecule has 2 fully saturated rings. The van der Waals surface area contributed by atoms with Crippen molar-refractivity contribution in [2.24, 2.45) is 17.3 Å². The molecule has 0 amide bonds. The predicted octanol–water partition coefficient (Wildman–Crippen LogP) is 3.84. The van der Waals surface area contributed by atoms with E-state index in [1.807, 2.05) is 0 Å². The minimum atomic E-state index is -0.822. The van der Waals surface area contributed by atoms with Gasteiger partial charge in [0.15, 0.2) is 11.6 Å². The quantitative estimate of drug-likeness (QED) is 0.779. The van der Waals surface area contributed by atoms with Crippen LogP contribution in [0, 0.1) is 40.2 Å². The first-order valence-electron chi connectivity index (χ1n) is 6.48. The zero-order valence-corrected chi connectivity index (χ0v) is 10.1. The molecule has 3 rings (SSSR count). The smallest absolute Gasteiger partial charge is 0.159 e. The van der Waals surface area contributed by atoms with Gasteiger partial charge < -0.3 is 0 Å². The second kappa shape index (κ2) is 4.05. The molecule has 0 aliphatic heterocycles. The number of nitriles is 1. The summed E-state index contributed by atoms with van der Waals surface area (Å²) in [6.45, 7) is 0. The summed E-state index contributed by atoms with van der Waals surface area (Å²) < 4.78 is 26.1. The molecule has 1 aromatic rings. The number of rotatable bonds is 2. The Hall–Kier alpha value is -1.43. The number of halogens is 2. The first-order valence-corrected chi connectivity index (χ1v) is 6.48. The van der Waals surface area contributed by atoms with Crippen LogP contribution in [0.4, 0.5) is 8.78 Å². The predicted molar refractivity (Wildman–Crippen MR) is 63.6 cm³/mol. The van der Waals surface area contributed by atoms with Crippen molar-refractivity contribution in [1.29, 1.82) is 5.26 Å². The van der Waals surface area contributed by atoms with Gasteiger partial charge in [-0.2, -0.15) is 5.26 Å². The molecule has 2 aliphatic carbocycles. The standard InChI is InChI=1S/C15H15F2N/c16-13-4-2-11(6-14(13)17)8-15(9-18)7-10-1-3-12(15)5-10/h2,4,6,10,12H,1,3,5,7-8H2. The summed E-state index contributed by atoms with van der Waals surface area (Å²) in [5.41, 5.74) is 0.399. The summed E-state index contributed by atoms with van der Waals surface area (Å²) >= 11 is 0. The van der Waals surface area contributed by atoms with Crippen molar-refractivity contribution >= 4 is 0 Å². The Kier molecular flexibility index (Phi) is 2.62. The molecule has 1 nitrogen and oxygen atoms in total. The maximum absolute atomic E-state index is 13.2. The van der Waals surface area contributed by atoms with Crippen molar-refractivity contribution in [3.05, 3.63) is 35.4 Å². The van der Waals surface area contributed by atoms with Crippen LogP contribution in [-0.4, -0.2) is 0 Å². The molecule has 0 spiro atoms. The molecule has 3 atom stereocenters. The Balaban J connectivity index is 1.87. The number of hydrogen-bond acceptors (Lipinski definition) is 1. The van der Waals surface area contributed by atoms with E-state index in [4.69, 9.17) is 0 Å². The fraction of sp³-hybridized carbons (Fsp3) is 0.533. The zero-order chi connectivity index (χ0) is 12.8. The molecule has 0 N–H and O–H groups in total. The molecule has 2 aliphatic rings. The fourth-order valence-electron chi connectivity index (χ4n) is 3.85. The average molecular weight is 247 g/mol. The van der Waals surface area contributed by atoms with Gasteiger partial charge in [0.25, 0.3) is 0 Å². The Morgan fingerprint density at radius 1 is 1.28 bits per heavy atom. The largest absolute Gasteiger partial charge is 0.204 e. The first-order chi connectivity index (χ1) is 8.63. The van der Waals surface area contributed by atoms with Gasteiger partial charge in [0.1, 0.15) is 0 Å². The Morgan fingerprint density at radius 2 is 2.11 bits per heavy atom. The zero-order valence-electron chi connectivity index (χ0n) is 10.1. The monoisotopic (exact) mass is 247 g/mol. The van der Waals surface area contributed by atoms with Crippen LogP contribution in [0.1, 0.15) is 31.2 Å². The van der Waals surface area contributed by atoms with Crippen LogP contribution >= 0.6 is 0 Å². The summed E-state index contributed by atoms with van der Waals surface area (Å²) in [5.74, 6) is -0.526. The van der Waals surface area contributed by atoms with Crippen LogP contribution in [0.3, 0.4) is 0 Å². The van der Waals surface area contributed by atoms with Crippen molar-refractivity contribution < 1.29 is 8.78 Å². The molecule has 0 saturated heterocycles. The van der Waals surface area contributed by atoms with Crippen molar-refractivity contribution in [3.8, 4) is 6.07 Å². The normalized spacial score (nSPS) is 33.6. The van der Waals surface area contributed by atoms with Crippen molar-refractivity contribution in [2.45, 2.75) is 32.1 Å². The maximum Gasteiger partial charge on any atom is 0.159 e. The molecule has 0 radical (unpaired) electrons. The summed E-state index contributed by atoms with van der Waals surface area (Å²) in [4.78, 5) is 0. The number of benzene rings is 1. The van der Waals surface area contributed by atoms with E-state index in [0.717, 1.165) is 30.9 Å². The second-order valence-corrected chi connectivity index (χ2v) is 5.77. The topological polar surface area (TPSA) is 23.8 Å². The maximum atomic E-state index is 13.2. The Bertz CT molecular complexity index is 520. The molecule has 3 unspecified atom stereocenters. The Morgan fingerprint density at radius 3 is 2.67 bits per heavy atom. The molecule has 2 saturated carbocycles. The van der Waals surface area contributed by atoms with Crippen molar-refractivity contribution in [2.75, 3.05) is 0 Å². The van der Waals surface area contributed by atoms with E-state index < -0.39 is 11.6 Å². The minimum Gasteiger partial charge on any atom is -0.204 e. The van der Waals surface area contributed by atoms with Crippen LogP contribution in [-0.2, 0) is 6.42 Å². The molecular formula is C15H15F2N. The number of nitrogens with zero attached hydrogens (tertiary/aromatic N) is 1. The van der Waals surface area contributed by atoms with Gasteiger partial charge in [0, 0.05) is 0 Å². The third-order valence-corrected chi connectivity index (χ3v) is 4.70. The third-order valence-electron chi connectivity index (χ3n) is 4.70. The lowest BCUT2D eigenvalue weighted by Crippen LogP contribution is -2.28. The molecule has 3 heteroatoms. The second-order valence-electron chi connectivity index (χ2n) is 5.77. The summed E-state index contributed by atoms with van der Waals surface area (Å²) in [6.07, 6.45) is 4.96. The summed E-state index contributed by atoms with van der Waals surface area (Å²) in [5, 5.41) is 9.51. The van der Waals surface area contributed by atoms with Gasteiger partial charge in [-0.25, -0.2) is 8.78 Å². The van der Waals surface area contributed by atoms with Gasteiger partial charge in [0.05, 0.1) is 11.5 Å². The van der Waals surface area contributed by atoms with E-state index >= 15 is 0 Å². The molecule has 0 heterocycles. The lowest BCUT2D eigenvalue weighted by molar-refractivity contribution is 0.239. The SMILES string of the molecule is N#CC1(Cc2ccc(F)c(F)c2)CC2CCC1C2. The highest BCUT2D eigenvalue weighted by molar-refractivity contribution is 5.24. The number of hydrogen-bond donors (Lipinski definition) is 0. The van der Waals surface area contributed by atoms with Gasteiger partial charge in [-0.1, -0.05) is 12.5 Å². The van der Waals surface area contributed by atoms with Crippen LogP contribution in [0.15, 0.2) is 18.2 Å². The summed E-state index contributed by atoms with van der Waals surface area (Å²) in [7, 11) is 0. The molecule has 18 heavy (non-hydrogen) atoms. The van der Waals surface area contributed by atoms with Crippen LogP contribution < -0.4 is 0 Å². The van der Waals surface area contributed by atoms with E-state index in [0.29, 0.717) is 18.3 Å². The summed E-state index contributed by atoms with van der Waals surface area (Å²) in [6, 6.07) is 6.47. The lowest BCUT2D eigenvalue weighted by atomic mass is 9.70.